The van der Waals surface area contributed by atoms with Crippen LogP contribution in [-0.4, -0.2) is 26.4 Å². The third-order valence-electron chi connectivity index (χ3n) is 2.23. The zero-order valence-electron chi connectivity index (χ0n) is 9.66. The van der Waals surface area contributed by atoms with Crippen LogP contribution in [-0.2, 0) is 15.9 Å². The van der Waals surface area contributed by atoms with Gasteiger partial charge in [0.25, 0.3) is 0 Å². The molecule has 1 aromatic rings. The second kappa shape index (κ2) is 7.43. The Labute approximate surface area is 92.2 Å². The van der Waals surface area contributed by atoms with Crippen LogP contribution < -0.4 is 0 Å². The molecule has 0 aliphatic rings. The zero-order chi connectivity index (χ0) is 10.9. The molecule has 0 unspecified atom stereocenters. The van der Waals surface area contributed by atoms with E-state index in [0.717, 1.165) is 19.6 Å². The maximum atomic E-state index is 5.44. The van der Waals surface area contributed by atoms with Gasteiger partial charge in [0.2, 0.25) is 0 Å². The summed E-state index contributed by atoms with van der Waals surface area (Å²) in [7, 11) is 0. The summed E-state index contributed by atoms with van der Waals surface area (Å²) in [5.74, 6) is 0. The first kappa shape index (κ1) is 12.2. The maximum absolute atomic E-state index is 5.44. The van der Waals surface area contributed by atoms with Gasteiger partial charge in [0.05, 0.1) is 19.8 Å². The highest BCUT2D eigenvalue weighted by atomic mass is 16.5. The van der Waals surface area contributed by atoms with Crippen LogP contribution in [0, 0.1) is 6.92 Å². The molecule has 0 amide bonds. The molecule has 0 aromatic heterocycles. The Bertz CT molecular complexity index is 254. The fourth-order valence-corrected chi connectivity index (χ4v) is 1.31. The Morgan fingerprint density at radius 3 is 2.27 bits per heavy atom. The molecule has 0 heterocycles. The summed E-state index contributed by atoms with van der Waals surface area (Å²) in [4.78, 5) is 0. The van der Waals surface area contributed by atoms with E-state index >= 15 is 0 Å². The molecule has 1 aromatic carbocycles. The number of hydrogen-bond acceptors (Lipinski definition) is 2. The Kier molecular flexibility index (Phi) is 6.05. The third-order valence-corrected chi connectivity index (χ3v) is 2.23. The van der Waals surface area contributed by atoms with Crippen molar-refractivity contribution in [1.82, 2.24) is 0 Å². The topological polar surface area (TPSA) is 18.5 Å². The van der Waals surface area contributed by atoms with Gasteiger partial charge in [-0.15, -0.1) is 0 Å². The van der Waals surface area contributed by atoms with Crippen molar-refractivity contribution in [1.29, 1.82) is 0 Å². The van der Waals surface area contributed by atoms with Crippen molar-refractivity contribution < 1.29 is 9.47 Å². The predicted molar refractivity (Wildman–Crippen MR) is 62.2 cm³/mol. The van der Waals surface area contributed by atoms with E-state index in [0.29, 0.717) is 13.2 Å². The van der Waals surface area contributed by atoms with Gasteiger partial charge in [-0.3, -0.25) is 0 Å². The van der Waals surface area contributed by atoms with Crippen LogP contribution in [0.15, 0.2) is 24.3 Å². The van der Waals surface area contributed by atoms with Gasteiger partial charge in [-0.05, 0) is 25.8 Å². The number of benzene rings is 1. The van der Waals surface area contributed by atoms with E-state index in [4.69, 9.17) is 9.47 Å². The fourth-order valence-electron chi connectivity index (χ4n) is 1.31. The average Bonchev–Trinajstić information content (AvgIpc) is 2.26. The number of rotatable bonds is 7. The first-order valence-corrected chi connectivity index (χ1v) is 5.54. The molecule has 15 heavy (non-hydrogen) atoms. The largest absolute Gasteiger partial charge is 0.379 e. The van der Waals surface area contributed by atoms with Gasteiger partial charge in [-0.2, -0.15) is 0 Å². The number of ether oxygens (including phenoxy) is 2. The van der Waals surface area contributed by atoms with Gasteiger partial charge < -0.3 is 9.47 Å². The Morgan fingerprint density at radius 1 is 0.933 bits per heavy atom. The van der Waals surface area contributed by atoms with Crippen molar-refractivity contribution in [3.63, 3.8) is 0 Å². The normalized spacial score (nSPS) is 10.5. The van der Waals surface area contributed by atoms with Crippen LogP contribution >= 0.6 is 0 Å². The standard InChI is InChI=1S/C13H20O2/c1-3-14-10-11-15-9-8-13-6-4-12(2)5-7-13/h4-7H,3,8-11H2,1-2H3. The van der Waals surface area contributed by atoms with E-state index in [-0.39, 0.29) is 0 Å². The highest BCUT2D eigenvalue weighted by Gasteiger charge is 1.93. The number of aryl methyl sites for hydroxylation is 1. The Hall–Kier alpha value is -0.860. The molecule has 2 heteroatoms. The molecule has 0 saturated heterocycles. The summed E-state index contributed by atoms with van der Waals surface area (Å²) in [5.41, 5.74) is 2.63. The molecule has 0 bridgehead atoms. The van der Waals surface area contributed by atoms with Crippen molar-refractivity contribution in [2.24, 2.45) is 0 Å². The summed E-state index contributed by atoms with van der Waals surface area (Å²) in [6.07, 6.45) is 0.979. The van der Waals surface area contributed by atoms with Crippen LogP contribution in [0.4, 0.5) is 0 Å². The van der Waals surface area contributed by atoms with Gasteiger partial charge >= 0.3 is 0 Å². The molecule has 0 aliphatic carbocycles. The molecule has 0 spiro atoms. The summed E-state index contributed by atoms with van der Waals surface area (Å²) in [6.45, 7) is 7.02. The molecule has 0 atom stereocenters. The minimum absolute atomic E-state index is 0.694. The lowest BCUT2D eigenvalue weighted by atomic mass is 10.1. The van der Waals surface area contributed by atoms with Gasteiger partial charge in [-0.1, -0.05) is 29.8 Å². The quantitative estimate of drug-likeness (QED) is 0.641. The van der Waals surface area contributed by atoms with Gasteiger partial charge in [0.15, 0.2) is 0 Å². The smallest absolute Gasteiger partial charge is 0.0700 e. The van der Waals surface area contributed by atoms with E-state index < -0.39 is 0 Å². The molecule has 2 nitrogen and oxygen atoms in total. The fraction of sp³-hybridized carbons (Fsp3) is 0.538. The van der Waals surface area contributed by atoms with Crippen molar-refractivity contribution >= 4 is 0 Å². The van der Waals surface area contributed by atoms with E-state index in [1.807, 2.05) is 6.92 Å². The molecule has 0 aliphatic heterocycles. The van der Waals surface area contributed by atoms with Crippen LogP contribution in [0.2, 0.25) is 0 Å². The van der Waals surface area contributed by atoms with Gasteiger partial charge in [-0.25, -0.2) is 0 Å². The lowest BCUT2D eigenvalue weighted by Gasteiger charge is -2.04. The zero-order valence-corrected chi connectivity index (χ0v) is 9.66. The van der Waals surface area contributed by atoms with Crippen LogP contribution in [0.1, 0.15) is 18.1 Å². The molecule has 1 rings (SSSR count). The summed E-state index contributed by atoms with van der Waals surface area (Å²) in [5, 5.41) is 0. The second-order valence-electron chi connectivity index (χ2n) is 3.54. The molecule has 0 N–H and O–H groups in total. The van der Waals surface area contributed by atoms with Gasteiger partial charge in [0, 0.05) is 6.61 Å². The number of hydrogen-bond donors (Lipinski definition) is 0. The predicted octanol–water partition coefficient (Wildman–Crippen LogP) is 2.59. The minimum Gasteiger partial charge on any atom is -0.379 e. The van der Waals surface area contributed by atoms with Crippen LogP contribution in [0.25, 0.3) is 0 Å². The lowest BCUT2D eigenvalue weighted by Crippen LogP contribution is -2.06. The molecular formula is C13H20O2. The van der Waals surface area contributed by atoms with E-state index in [9.17, 15) is 0 Å². The third kappa shape index (κ3) is 5.55. The maximum Gasteiger partial charge on any atom is 0.0700 e. The molecule has 84 valence electrons. The highest BCUT2D eigenvalue weighted by molar-refractivity contribution is 5.21. The highest BCUT2D eigenvalue weighted by Crippen LogP contribution is 2.03. The first-order chi connectivity index (χ1) is 7.33. The Morgan fingerprint density at radius 2 is 1.60 bits per heavy atom. The summed E-state index contributed by atoms with van der Waals surface area (Å²) in [6, 6.07) is 8.58. The molecule has 0 radical (unpaired) electrons. The van der Waals surface area contributed by atoms with E-state index in [1.165, 1.54) is 11.1 Å². The van der Waals surface area contributed by atoms with E-state index in [1.54, 1.807) is 0 Å². The van der Waals surface area contributed by atoms with Gasteiger partial charge in [0.1, 0.15) is 0 Å². The lowest BCUT2D eigenvalue weighted by molar-refractivity contribution is 0.0541. The SMILES string of the molecule is CCOCCOCCc1ccc(C)cc1. The van der Waals surface area contributed by atoms with Crippen molar-refractivity contribution in [2.45, 2.75) is 20.3 Å². The molecule has 0 fully saturated rings. The molecular weight excluding hydrogens is 188 g/mol. The first-order valence-electron chi connectivity index (χ1n) is 5.54. The summed E-state index contributed by atoms with van der Waals surface area (Å²) < 4.78 is 10.6. The monoisotopic (exact) mass is 208 g/mol. The Balaban J connectivity index is 2.07. The van der Waals surface area contributed by atoms with Crippen LogP contribution in [0.3, 0.4) is 0 Å². The van der Waals surface area contributed by atoms with Crippen molar-refractivity contribution in [3.8, 4) is 0 Å². The minimum atomic E-state index is 0.694. The van der Waals surface area contributed by atoms with Crippen LogP contribution in [0.5, 0.6) is 0 Å². The average molecular weight is 208 g/mol. The second-order valence-corrected chi connectivity index (χ2v) is 3.54. The van der Waals surface area contributed by atoms with Crippen molar-refractivity contribution in [2.75, 3.05) is 26.4 Å². The van der Waals surface area contributed by atoms with E-state index in [2.05, 4.69) is 31.2 Å². The molecule has 0 saturated carbocycles. The van der Waals surface area contributed by atoms with Crippen molar-refractivity contribution in [3.05, 3.63) is 35.4 Å². The summed E-state index contributed by atoms with van der Waals surface area (Å²) >= 11 is 0.